The van der Waals surface area contributed by atoms with Gasteiger partial charge in [0, 0.05) is 24.1 Å². The first-order chi connectivity index (χ1) is 11.7. The second-order valence-corrected chi connectivity index (χ2v) is 6.83. The highest BCUT2D eigenvalue weighted by molar-refractivity contribution is 5.85. The average molecular weight is 359 g/mol. The summed E-state index contributed by atoms with van der Waals surface area (Å²) in [4.78, 5) is 12.3. The van der Waals surface area contributed by atoms with Gasteiger partial charge in [0.2, 0.25) is 5.91 Å². The number of nitrogens with two attached hydrogens (primary N) is 1. The van der Waals surface area contributed by atoms with Crippen LogP contribution >= 0.6 is 12.4 Å². The van der Waals surface area contributed by atoms with Crippen LogP contribution in [0.4, 0.5) is 5.69 Å². The number of benzene rings is 2. The molecule has 1 amide bonds. The molecule has 1 fully saturated rings. The summed E-state index contributed by atoms with van der Waals surface area (Å²) in [5, 5.41) is 3.17. The summed E-state index contributed by atoms with van der Waals surface area (Å²) in [6.45, 7) is 0.736. The van der Waals surface area contributed by atoms with Gasteiger partial charge in [-0.1, -0.05) is 61.4 Å². The molecule has 0 atom stereocenters. The SMILES string of the molecule is Cl.Nc1ccccc1CCC(=O)NCC1(c2ccccc2)CCCC1. The van der Waals surface area contributed by atoms with Gasteiger partial charge in [-0.2, -0.15) is 0 Å². The van der Waals surface area contributed by atoms with E-state index in [-0.39, 0.29) is 23.7 Å². The van der Waals surface area contributed by atoms with E-state index in [0.717, 1.165) is 30.6 Å². The summed E-state index contributed by atoms with van der Waals surface area (Å²) < 4.78 is 0. The van der Waals surface area contributed by atoms with Crippen molar-refractivity contribution >= 4 is 24.0 Å². The second-order valence-electron chi connectivity index (χ2n) is 6.83. The Morgan fingerprint density at radius 2 is 1.64 bits per heavy atom. The first-order valence-electron chi connectivity index (χ1n) is 8.85. The average Bonchev–Trinajstić information content (AvgIpc) is 3.10. The monoisotopic (exact) mass is 358 g/mol. The van der Waals surface area contributed by atoms with Gasteiger partial charge in [0.25, 0.3) is 0 Å². The maximum Gasteiger partial charge on any atom is 0.220 e. The van der Waals surface area contributed by atoms with E-state index >= 15 is 0 Å². The molecule has 0 unspecified atom stereocenters. The van der Waals surface area contributed by atoms with Crippen molar-refractivity contribution in [2.75, 3.05) is 12.3 Å². The van der Waals surface area contributed by atoms with Crippen molar-refractivity contribution in [1.82, 2.24) is 5.32 Å². The van der Waals surface area contributed by atoms with Crippen LogP contribution in [0.3, 0.4) is 0 Å². The van der Waals surface area contributed by atoms with Crippen molar-refractivity contribution in [3.63, 3.8) is 0 Å². The number of anilines is 1. The predicted molar refractivity (Wildman–Crippen MR) is 106 cm³/mol. The topological polar surface area (TPSA) is 55.1 Å². The van der Waals surface area contributed by atoms with Gasteiger partial charge in [-0.25, -0.2) is 0 Å². The van der Waals surface area contributed by atoms with E-state index in [4.69, 9.17) is 5.73 Å². The predicted octanol–water partition coefficient (Wildman–Crippen LogP) is 4.25. The number of hydrogen-bond acceptors (Lipinski definition) is 2. The third kappa shape index (κ3) is 4.76. The van der Waals surface area contributed by atoms with Crippen LogP contribution in [-0.4, -0.2) is 12.5 Å². The van der Waals surface area contributed by atoms with Crippen LogP contribution in [0.25, 0.3) is 0 Å². The number of nitrogen functional groups attached to an aromatic ring is 1. The highest BCUT2D eigenvalue weighted by Gasteiger charge is 2.35. The fraction of sp³-hybridized carbons (Fsp3) is 0.381. The molecule has 0 aliphatic heterocycles. The molecule has 4 heteroatoms. The van der Waals surface area contributed by atoms with Crippen molar-refractivity contribution in [3.05, 3.63) is 65.7 Å². The number of hydrogen-bond donors (Lipinski definition) is 2. The maximum absolute atomic E-state index is 12.3. The number of aryl methyl sites for hydroxylation is 1. The quantitative estimate of drug-likeness (QED) is 0.758. The van der Waals surface area contributed by atoms with Crippen LogP contribution in [-0.2, 0) is 16.6 Å². The summed E-state index contributed by atoms with van der Waals surface area (Å²) in [6.07, 6.45) is 5.97. The van der Waals surface area contributed by atoms with Crippen LogP contribution < -0.4 is 11.1 Å². The molecule has 3 rings (SSSR count). The number of para-hydroxylation sites is 1. The lowest BCUT2D eigenvalue weighted by molar-refractivity contribution is -0.121. The van der Waals surface area contributed by atoms with Crippen molar-refractivity contribution in [1.29, 1.82) is 0 Å². The Morgan fingerprint density at radius 3 is 2.32 bits per heavy atom. The number of nitrogens with one attached hydrogen (secondary N) is 1. The molecule has 1 aliphatic carbocycles. The van der Waals surface area contributed by atoms with Crippen molar-refractivity contribution < 1.29 is 4.79 Å². The molecule has 0 heterocycles. The molecular formula is C21H27ClN2O. The van der Waals surface area contributed by atoms with Gasteiger partial charge in [0.1, 0.15) is 0 Å². The maximum atomic E-state index is 12.3. The molecule has 3 N–H and O–H groups in total. The molecule has 0 spiro atoms. The molecule has 25 heavy (non-hydrogen) atoms. The van der Waals surface area contributed by atoms with Crippen molar-refractivity contribution in [2.24, 2.45) is 0 Å². The Hall–Kier alpha value is -2.00. The summed E-state index contributed by atoms with van der Waals surface area (Å²) >= 11 is 0. The van der Waals surface area contributed by atoms with Gasteiger partial charge < -0.3 is 11.1 Å². The van der Waals surface area contributed by atoms with Gasteiger partial charge in [0.15, 0.2) is 0 Å². The molecule has 2 aromatic rings. The lowest BCUT2D eigenvalue weighted by Gasteiger charge is -2.30. The molecule has 1 aliphatic rings. The smallest absolute Gasteiger partial charge is 0.220 e. The zero-order chi connectivity index (χ0) is 16.8. The number of rotatable bonds is 6. The summed E-state index contributed by atoms with van der Waals surface area (Å²) in [5.41, 5.74) is 9.23. The minimum atomic E-state index is 0. The first-order valence-corrected chi connectivity index (χ1v) is 8.85. The zero-order valence-corrected chi connectivity index (χ0v) is 15.4. The fourth-order valence-corrected chi connectivity index (χ4v) is 3.78. The van der Waals surface area contributed by atoms with E-state index in [1.807, 2.05) is 24.3 Å². The molecule has 0 saturated heterocycles. The Morgan fingerprint density at radius 1 is 1.00 bits per heavy atom. The van der Waals surface area contributed by atoms with Crippen LogP contribution in [0.2, 0.25) is 0 Å². The molecule has 2 aromatic carbocycles. The van der Waals surface area contributed by atoms with Crippen molar-refractivity contribution in [3.8, 4) is 0 Å². The Labute approximate surface area is 156 Å². The molecule has 0 radical (unpaired) electrons. The lowest BCUT2D eigenvalue weighted by Crippen LogP contribution is -2.39. The number of halogens is 1. The molecule has 0 bridgehead atoms. The minimum Gasteiger partial charge on any atom is -0.399 e. The molecule has 3 nitrogen and oxygen atoms in total. The van der Waals surface area contributed by atoms with Gasteiger partial charge in [-0.05, 0) is 36.5 Å². The van der Waals surface area contributed by atoms with Gasteiger partial charge in [-0.15, -0.1) is 12.4 Å². The molecule has 1 saturated carbocycles. The van der Waals surface area contributed by atoms with E-state index in [2.05, 4.69) is 35.6 Å². The van der Waals surface area contributed by atoms with Crippen LogP contribution in [0.15, 0.2) is 54.6 Å². The van der Waals surface area contributed by atoms with E-state index in [9.17, 15) is 4.79 Å². The lowest BCUT2D eigenvalue weighted by atomic mass is 9.79. The Balaban J connectivity index is 0.00000225. The standard InChI is InChI=1S/C21H26N2O.ClH/c22-19-11-5-4-8-17(19)12-13-20(24)23-16-21(14-6-7-15-21)18-9-2-1-3-10-18;/h1-5,8-11H,6-7,12-16,22H2,(H,23,24);1H. The van der Waals surface area contributed by atoms with Gasteiger partial charge >= 0.3 is 0 Å². The van der Waals surface area contributed by atoms with E-state index in [1.54, 1.807) is 0 Å². The normalized spacial score (nSPS) is 15.4. The van der Waals surface area contributed by atoms with Gasteiger partial charge in [0.05, 0.1) is 0 Å². The largest absolute Gasteiger partial charge is 0.399 e. The number of carbonyl (C=O) groups is 1. The molecule has 134 valence electrons. The first kappa shape index (κ1) is 19.3. The van der Waals surface area contributed by atoms with Gasteiger partial charge in [-0.3, -0.25) is 4.79 Å². The third-order valence-electron chi connectivity index (χ3n) is 5.25. The summed E-state index contributed by atoms with van der Waals surface area (Å²) in [6, 6.07) is 18.4. The summed E-state index contributed by atoms with van der Waals surface area (Å²) in [7, 11) is 0. The number of amides is 1. The zero-order valence-electron chi connectivity index (χ0n) is 14.5. The van der Waals surface area contributed by atoms with Crippen LogP contribution in [0, 0.1) is 0 Å². The molecular weight excluding hydrogens is 332 g/mol. The summed E-state index contributed by atoms with van der Waals surface area (Å²) in [5.74, 6) is 0.112. The highest BCUT2D eigenvalue weighted by atomic mass is 35.5. The van der Waals surface area contributed by atoms with E-state index < -0.39 is 0 Å². The van der Waals surface area contributed by atoms with E-state index in [0.29, 0.717) is 12.8 Å². The number of carbonyl (C=O) groups excluding carboxylic acids is 1. The Bertz CT molecular complexity index is 681. The fourth-order valence-electron chi connectivity index (χ4n) is 3.78. The second kappa shape index (κ2) is 8.91. The van der Waals surface area contributed by atoms with E-state index in [1.165, 1.54) is 18.4 Å². The third-order valence-corrected chi connectivity index (χ3v) is 5.25. The minimum absolute atomic E-state index is 0. The van der Waals surface area contributed by atoms with Crippen LogP contribution in [0.1, 0.15) is 43.2 Å². The van der Waals surface area contributed by atoms with Crippen LogP contribution in [0.5, 0.6) is 0 Å². The molecule has 0 aromatic heterocycles. The van der Waals surface area contributed by atoms with Crippen molar-refractivity contribution in [2.45, 2.75) is 43.9 Å². The highest BCUT2D eigenvalue weighted by Crippen LogP contribution is 2.40. The Kier molecular flexibility index (Phi) is 6.89.